The maximum Gasteiger partial charge on any atom is 0.252 e. The first kappa shape index (κ1) is 27.1. The minimum atomic E-state index is -0.186. The number of carbonyl (C=O) groups excluding carboxylic acids is 2. The molecule has 0 spiro atoms. The summed E-state index contributed by atoms with van der Waals surface area (Å²) in [5.41, 5.74) is 6.61. The van der Waals surface area contributed by atoms with Crippen molar-refractivity contribution < 1.29 is 9.59 Å². The van der Waals surface area contributed by atoms with Gasteiger partial charge in [0, 0.05) is 11.3 Å². The van der Waals surface area contributed by atoms with Crippen molar-refractivity contribution in [3.05, 3.63) is 113 Å². The van der Waals surface area contributed by atoms with Gasteiger partial charge < -0.3 is 10.6 Å². The van der Waals surface area contributed by atoms with Crippen LogP contribution in [0, 0.1) is 27.7 Å². The molecular formula is C32H31N5O2S. The minimum Gasteiger partial charge on any atom is -0.345 e. The normalized spacial score (nSPS) is 11.0. The van der Waals surface area contributed by atoms with Crippen LogP contribution < -0.4 is 10.6 Å². The van der Waals surface area contributed by atoms with Gasteiger partial charge in [-0.15, -0.1) is 10.2 Å². The molecule has 0 saturated carbocycles. The van der Waals surface area contributed by atoms with E-state index in [0.29, 0.717) is 16.5 Å². The van der Waals surface area contributed by atoms with Crippen LogP contribution in [0.3, 0.4) is 0 Å². The van der Waals surface area contributed by atoms with E-state index in [-0.39, 0.29) is 24.1 Å². The number of aromatic nitrogens is 3. The average Bonchev–Trinajstić information content (AvgIpc) is 3.36. The van der Waals surface area contributed by atoms with Crippen LogP contribution in [-0.2, 0) is 11.3 Å². The average molecular weight is 550 g/mol. The Labute approximate surface area is 238 Å². The lowest BCUT2D eigenvalue weighted by Crippen LogP contribution is -2.25. The molecule has 202 valence electrons. The number of nitrogens with zero attached hydrogens (tertiary/aromatic N) is 3. The van der Waals surface area contributed by atoms with E-state index in [1.54, 1.807) is 0 Å². The molecule has 8 heteroatoms. The van der Waals surface area contributed by atoms with E-state index < -0.39 is 0 Å². The van der Waals surface area contributed by atoms with Gasteiger partial charge >= 0.3 is 0 Å². The molecule has 2 amide bonds. The van der Waals surface area contributed by atoms with Gasteiger partial charge in [0.1, 0.15) is 0 Å². The van der Waals surface area contributed by atoms with E-state index in [1.165, 1.54) is 11.8 Å². The zero-order valence-corrected chi connectivity index (χ0v) is 23.8. The van der Waals surface area contributed by atoms with Gasteiger partial charge in [-0.2, -0.15) is 0 Å². The first-order valence-electron chi connectivity index (χ1n) is 13.1. The molecule has 0 radical (unpaired) electrons. The van der Waals surface area contributed by atoms with Gasteiger partial charge in [0.05, 0.1) is 18.0 Å². The maximum atomic E-state index is 13.2. The Bertz CT molecular complexity index is 1720. The summed E-state index contributed by atoms with van der Waals surface area (Å²) in [6, 6.07) is 25.5. The number of carbonyl (C=O) groups is 2. The predicted molar refractivity (Wildman–Crippen MR) is 161 cm³/mol. The van der Waals surface area contributed by atoms with Crippen LogP contribution in [0.15, 0.2) is 84.0 Å². The van der Waals surface area contributed by atoms with E-state index in [2.05, 4.69) is 33.8 Å². The van der Waals surface area contributed by atoms with Gasteiger partial charge in [-0.3, -0.25) is 14.2 Å². The van der Waals surface area contributed by atoms with Gasteiger partial charge in [0.25, 0.3) is 5.91 Å². The Kier molecular flexibility index (Phi) is 7.98. The number of rotatable bonds is 8. The Balaban J connectivity index is 1.38. The fourth-order valence-corrected chi connectivity index (χ4v) is 5.36. The van der Waals surface area contributed by atoms with E-state index >= 15 is 0 Å². The van der Waals surface area contributed by atoms with Crippen molar-refractivity contribution in [3.8, 4) is 5.69 Å². The highest BCUT2D eigenvalue weighted by Crippen LogP contribution is 2.27. The fourth-order valence-electron chi connectivity index (χ4n) is 4.59. The second kappa shape index (κ2) is 11.8. The van der Waals surface area contributed by atoms with Gasteiger partial charge in [-0.05, 0) is 78.9 Å². The summed E-state index contributed by atoms with van der Waals surface area (Å²) in [5, 5.41) is 17.4. The zero-order valence-electron chi connectivity index (χ0n) is 23.0. The Morgan fingerprint density at radius 1 is 0.850 bits per heavy atom. The second-order valence-electron chi connectivity index (χ2n) is 9.82. The van der Waals surface area contributed by atoms with Crippen molar-refractivity contribution in [2.45, 2.75) is 39.4 Å². The largest absolute Gasteiger partial charge is 0.345 e. The first-order chi connectivity index (χ1) is 19.3. The van der Waals surface area contributed by atoms with E-state index in [1.807, 2.05) is 98.1 Å². The molecule has 0 aliphatic carbocycles. The molecule has 0 atom stereocenters. The molecule has 5 aromatic rings. The summed E-state index contributed by atoms with van der Waals surface area (Å²) >= 11 is 1.31. The fraction of sp³-hybridized carbons (Fsp3) is 0.188. The highest BCUT2D eigenvalue weighted by Gasteiger charge is 2.19. The van der Waals surface area contributed by atoms with Gasteiger partial charge in [0.2, 0.25) is 5.91 Å². The van der Waals surface area contributed by atoms with E-state index in [9.17, 15) is 9.59 Å². The van der Waals surface area contributed by atoms with Crippen LogP contribution in [-0.4, -0.2) is 32.3 Å². The number of hydrogen-bond donors (Lipinski definition) is 2. The summed E-state index contributed by atoms with van der Waals surface area (Å²) in [6.07, 6.45) is 0. The standard InChI is InChI=1S/C32H31N5O2S/c1-20-15-16-22(3)27(17-20)34-30(38)19-40-32-36-35-29(37(32)28-14-7-9-21(2)23(28)4)18-33-31(39)26-13-8-11-24-10-5-6-12-25(24)26/h5-17H,18-19H2,1-4H3,(H,33,39)(H,34,38). The van der Waals surface area contributed by atoms with Crippen molar-refractivity contribution in [3.63, 3.8) is 0 Å². The zero-order chi connectivity index (χ0) is 28.2. The summed E-state index contributed by atoms with van der Waals surface area (Å²) < 4.78 is 1.93. The van der Waals surface area contributed by atoms with Crippen molar-refractivity contribution in [2.75, 3.05) is 11.1 Å². The highest BCUT2D eigenvalue weighted by atomic mass is 32.2. The van der Waals surface area contributed by atoms with Crippen LogP contribution in [0.5, 0.6) is 0 Å². The number of thioether (sulfide) groups is 1. The lowest BCUT2D eigenvalue weighted by Gasteiger charge is -2.15. The molecule has 1 aromatic heterocycles. The molecule has 0 aliphatic rings. The second-order valence-corrected chi connectivity index (χ2v) is 10.8. The van der Waals surface area contributed by atoms with E-state index in [4.69, 9.17) is 0 Å². The number of amides is 2. The smallest absolute Gasteiger partial charge is 0.252 e. The predicted octanol–water partition coefficient (Wildman–Crippen LogP) is 6.31. The third-order valence-corrected chi connectivity index (χ3v) is 7.89. The molecule has 0 saturated heterocycles. The molecule has 4 aromatic carbocycles. The molecular weight excluding hydrogens is 518 g/mol. The molecule has 40 heavy (non-hydrogen) atoms. The number of anilines is 1. The third-order valence-electron chi connectivity index (χ3n) is 6.96. The van der Waals surface area contributed by atoms with Gasteiger partial charge in [-0.25, -0.2) is 0 Å². The lowest BCUT2D eigenvalue weighted by molar-refractivity contribution is -0.113. The number of fused-ring (bicyclic) bond motifs is 1. The van der Waals surface area contributed by atoms with Crippen LogP contribution >= 0.6 is 11.8 Å². The number of aryl methyl sites for hydroxylation is 3. The monoisotopic (exact) mass is 549 g/mol. The Morgan fingerprint density at radius 3 is 2.48 bits per heavy atom. The maximum absolute atomic E-state index is 13.2. The van der Waals surface area contributed by atoms with Crippen LogP contribution in [0.4, 0.5) is 5.69 Å². The van der Waals surface area contributed by atoms with Crippen LogP contribution in [0.1, 0.15) is 38.4 Å². The number of hydrogen-bond acceptors (Lipinski definition) is 5. The molecule has 7 nitrogen and oxygen atoms in total. The first-order valence-corrected chi connectivity index (χ1v) is 14.1. The molecule has 0 unspecified atom stereocenters. The van der Waals surface area contributed by atoms with Crippen LogP contribution in [0.2, 0.25) is 0 Å². The SMILES string of the molecule is Cc1ccc(C)c(NC(=O)CSc2nnc(CNC(=O)c3cccc4ccccc34)n2-c2cccc(C)c2C)c1. The van der Waals surface area contributed by atoms with Crippen molar-refractivity contribution in [2.24, 2.45) is 0 Å². The Morgan fingerprint density at radius 2 is 1.62 bits per heavy atom. The quantitative estimate of drug-likeness (QED) is 0.221. The number of benzene rings is 4. The summed E-state index contributed by atoms with van der Waals surface area (Å²) in [4.78, 5) is 26.1. The summed E-state index contributed by atoms with van der Waals surface area (Å²) in [6.45, 7) is 8.24. The topological polar surface area (TPSA) is 88.9 Å². The van der Waals surface area contributed by atoms with Crippen LogP contribution in [0.25, 0.3) is 16.5 Å². The molecule has 1 heterocycles. The number of nitrogens with one attached hydrogen (secondary N) is 2. The molecule has 0 aliphatic heterocycles. The molecule has 5 rings (SSSR count). The van der Waals surface area contributed by atoms with Crippen molar-refractivity contribution in [1.82, 2.24) is 20.1 Å². The van der Waals surface area contributed by atoms with Gasteiger partial charge in [-0.1, -0.05) is 72.4 Å². The van der Waals surface area contributed by atoms with Crippen molar-refractivity contribution in [1.29, 1.82) is 0 Å². The van der Waals surface area contributed by atoms with Crippen molar-refractivity contribution >= 4 is 40.0 Å². The van der Waals surface area contributed by atoms with E-state index in [0.717, 1.165) is 44.4 Å². The summed E-state index contributed by atoms with van der Waals surface area (Å²) in [5.74, 6) is 0.438. The Hall–Kier alpha value is -4.43. The van der Waals surface area contributed by atoms with Gasteiger partial charge in [0.15, 0.2) is 11.0 Å². The highest BCUT2D eigenvalue weighted by molar-refractivity contribution is 7.99. The molecule has 0 fully saturated rings. The molecule has 2 N–H and O–H groups in total. The third kappa shape index (κ3) is 5.77. The minimum absolute atomic E-state index is 0.125. The molecule has 0 bridgehead atoms. The summed E-state index contributed by atoms with van der Waals surface area (Å²) in [7, 11) is 0. The lowest BCUT2D eigenvalue weighted by atomic mass is 10.0.